The predicted octanol–water partition coefficient (Wildman–Crippen LogP) is 2.79. The summed E-state index contributed by atoms with van der Waals surface area (Å²) in [5, 5.41) is 3.82. The summed E-state index contributed by atoms with van der Waals surface area (Å²) in [6.07, 6.45) is 2.96. The lowest BCUT2D eigenvalue weighted by atomic mass is 10.2. The maximum atomic E-state index is 13.8. The van der Waals surface area contributed by atoms with E-state index < -0.39 is 5.97 Å². The molecule has 1 fully saturated rings. The molecule has 0 atom stereocenters. The standard InChI is InChI=1S/C19H19FN2O3S/c20-16-3-1-2-4-17(16)21-8-10-22(11-9-21)18(23)13-25-19(24)6-5-15-7-12-26-14-15/h1-7,12,14H,8-11,13H2/b6-5+. The number of ether oxygens (including phenoxy) is 1. The summed E-state index contributed by atoms with van der Waals surface area (Å²) in [7, 11) is 0. The second-order valence-electron chi connectivity index (χ2n) is 5.82. The van der Waals surface area contributed by atoms with Crippen LogP contribution in [0, 0.1) is 5.82 Å². The Morgan fingerprint density at radius 1 is 1.15 bits per heavy atom. The van der Waals surface area contributed by atoms with Gasteiger partial charge in [0, 0.05) is 32.3 Å². The Balaban J connectivity index is 1.44. The molecule has 136 valence electrons. The lowest BCUT2D eigenvalue weighted by Crippen LogP contribution is -2.50. The molecule has 26 heavy (non-hydrogen) atoms. The van der Waals surface area contributed by atoms with Gasteiger partial charge in [-0.1, -0.05) is 12.1 Å². The molecule has 1 aliphatic heterocycles. The quantitative estimate of drug-likeness (QED) is 0.597. The van der Waals surface area contributed by atoms with Gasteiger partial charge in [-0.3, -0.25) is 4.79 Å². The smallest absolute Gasteiger partial charge is 0.331 e. The molecule has 2 aromatic rings. The van der Waals surface area contributed by atoms with E-state index >= 15 is 0 Å². The van der Waals surface area contributed by atoms with Gasteiger partial charge in [-0.15, -0.1) is 0 Å². The van der Waals surface area contributed by atoms with Gasteiger partial charge in [0.05, 0.1) is 5.69 Å². The molecule has 7 heteroatoms. The predicted molar refractivity (Wildman–Crippen MR) is 99.5 cm³/mol. The van der Waals surface area contributed by atoms with Crippen LogP contribution in [0.4, 0.5) is 10.1 Å². The average molecular weight is 374 g/mol. The van der Waals surface area contributed by atoms with Crippen molar-refractivity contribution in [2.24, 2.45) is 0 Å². The van der Waals surface area contributed by atoms with Crippen molar-refractivity contribution in [1.82, 2.24) is 4.90 Å². The highest BCUT2D eigenvalue weighted by Gasteiger charge is 2.23. The number of halogens is 1. The summed E-state index contributed by atoms with van der Waals surface area (Å²) in [5.41, 5.74) is 1.46. The molecule has 1 amide bonds. The van der Waals surface area contributed by atoms with Crippen LogP contribution in [0.15, 0.2) is 47.2 Å². The fourth-order valence-electron chi connectivity index (χ4n) is 2.71. The number of piperazine rings is 1. The molecular weight excluding hydrogens is 355 g/mol. The zero-order chi connectivity index (χ0) is 18.4. The normalized spacial score (nSPS) is 14.7. The minimum Gasteiger partial charge on any atom is -0.452 e. The number of hydrogen-bond donors (Lipinski definition) is 0. The minimum absolute atomic E-state index is 0.240. The van der Waals surface area contributed by atoms with Crippen LogP contribution in [-0.4, -0.2) is 49.6 Å². The fraction of sp³-hybridized carbons (Fsp3) is 0.263. The first-order chi connectivity index (χ1) is 12.6. The molecule has 0 bridgehead atoms. The van der Waals surface area contributed by atoms with Crippen molar-refractivity contribution in [2.45, 2.75) is 0 Å². The lowest BCUT2D eigenvalue weighted by Gasteiger charge is -2.36. The third-order valence-corrected chi connectivity index (χ3v) is 4.82. The van der Waals surface area contributed by atoms with Crippen molar-refractivity contribution in [2.75, 3.05) is 37.7 Å². The SMILES string of the molecule is O=C(/C=C/c1ccsc1)OCC(=O)N1CCN(c2ccccc2F)CC1. The van der Waals surface area contributed by atoms with Crippen LogP contribution in [0.25, 0.3) is 6.08 Å². The topological polar surface area (TPSA) is 49.9 Å². The second-order valence-corrected chi connectivity index (χ2v) is 6.60. The number of amides is 1. The van der Waals surface area contributed by atoms with Gasteiger partial charge < -0.3 is 14.5 Å². The van der Waals surface area contributed by atoms with Crippen LogP contribution in [0.1, 0.15) is 5.56 Å². The molecule has 2 heterocycles. The van der Waals surface area contributed by atoms with Gasteiger partial charge in [0.2, 0.25) is 0 Å². The van der Waals surface area contributed by atoms with E-state index in [9.17, 15) is 14.0 Å². The van der Waals surface area contributed by atoms with E-state index in [1.807, 2.05) is 21.7 Å². The maximum absolute atomic E-state index is 13.8. The number of rotatable bonds is 5. The van der Waals surface area contributed by atoms with Crippen LogP contribution in [0.5, 0.6) is 0 Å². The molecule has 3 rings (SSSR count). The molecule has 0 spiro atoms. The Morgan fingerprint density at radius 3 is 2.62 bits per heavy atom. The van der Waals surface area contributed by atoms with Crippen molar-refractivity contribution >= 4 is 35.0 Å². The highest BCUT2D eigenvalue weighted by atomic mass is 32.1. The fourth-order valence-corrected chi connectivity index (χ4v) is 3.34. The highest BCUT2D eigenvalue weighted by molar-refractivity contribution is 7.08. The van der Waals surface area contributed by atoms with Crippen LogP contribution in [0.2, 0.25) is 0 Å². The van der Waals surface area contributed by atoms with E-state index in [1.54, 1.807) is 29.2 Å². The summed E-state index contributed by atoms with van der Waals surface area (Å²) in [5.74, 6) is -1.05. The highest BCUT2D eigenvalue weighted by Crippen LogP contribution is 2.20. The van der Waals surface area contributed by atoms with E-state index in [4.69, 9.17) is 4.74 Å². The number of thiophene rings is 1. The first-order valence-electron chi connectivity index (χ1n) is 8.28. The monoisotopic (exact) mass is 374 g/mol. The number of benzene rings is 1. The molecule has 1 aliphatic rings. The van der Waals surface area contributed by atoms with Crippen molar-refractivity contribution < 1.29 is 18.7 Å². The third-order valence-electron chi connectivity index (χ3n) is 4.12. The molecule has 1 aromatic heterocycles. The summed E-state index contributed by atoms with van der Waals surface area (Å²) >= 11 is 1.54. The molecule has 1 saturated heterocycles. The van der Waals surface area contributed by atoms with Crippen molar-refractivity contribution in [1.29, 1.82) is 0 Å². The van der Waals surface area contributed by atoms with E-state index in [1.165, 1.54) is 23.5 Å². The number of hydrogen-bond acceptors (Lipinski definition) is 5. The molecule has 0 N–H and O–H groups in total. The Labute approximate surface area is 155 Å². The first-order valence-corrected chi connectivity index (χ1v) is 9.22. The molecule has 5 nitrogen and oxygen atoms in total. The van der Waals surface area contributed by atoms with E-state index in [0.29, 0.717) is 31.9 Å². The van der Waals surface area contributed by atoms with E-state index in [0.717, 1.165) is 5.56 Å². The van der Waals surface area contributed by atoms with E-state index in [-0.39, 0.29) is 18.3 Å². The summed E-state index contributed by atoms with van der Waals surface area (Å²) in [6, 6.07) is 8.48. The zero-order valence-corrected chi connectivity index (χ0v) is 15.0. The summed E-state index contributed by atoms with van der Waals surface area (Å²) < 4.78 is 18.8. The molecule has 0 unspecified atom stereocenters. The van der Waals surface area contributed by atoms with Crippen LogP contribution in [0.3, 0.4) is 0 Å². The molecule has 0 radical (unpaired) electrons. The van der Waals surface area contributed by atoms with Gasteiger partial charge >= 0.3 is 5.97 Å². The Hall–Kier alpha value is -2.67. The van der Waals surface area contributed by atoms with Gasteiger partial charge in [0.1, 0.15) is 5.82 Å². The Morgan fingerprint density at radius 2 is 1.92 bits per heavy atom. The van der Waals surface area contributed by atoms with Crippen molar-refractivity contribution in [3.63, 3.8) is 0 Å². The summed E-state index contributed by atoms with van der Waals surface area (Å²) in [6.45, 7) is 1.73. The Kier molecular flexibility index (Phi) is 6.01. The van der Waals surface area contributed by atoms with Gasteiger partial charge in [-0.05, 0) is 40.6 Å². The Bertz CT molecular complexity index is 784. The average Bonchev–Trinajstić information content (AvgIpc) is 3.18. The summed E-state index contributed by atoms with van der Waals surface area (Å²) in [4.78, 5) is 27.4. The number of carbonyl (C=O) groups excluding carboxylic acids is 2. The zero-order valence-electron chi connectivity index (χ0n) is 14.1. The van der Waals surface area contributed by atoms with Crippen molar-refractivity contribution in [3.05, 3.63) is 58.5 Å². The van der Waals surface area contributed by atoms with Crippen LogP contribution in [-0.2, 0) is 14.3 Å². The van der Waals surface area contributed by atoms with Crippen molar-refractivity contribution in [3.8, 4) is 0 Å². The number of para-hydroxylation sites is 1. The number of anilines is 1. The van der Waals surface area contributed by atoms with Gasteiger partial charge in [-0.2, -0.15) is 11.3 Å². The minimum atomic E-state index is -0.547. The lowest BCUT2D eigenvalue weighted by molar-refractivity contribution is -0.148. The molecule has 1 aromatic carbocycles. The number of esters is 1. The van der Waals surface area contributed by atoms with Crippen LogP contribution >= 0.6 is 11.3 Å². The number of carbonyl (C=O) groups is 2. The van der Waals surface area contributed by atoms with Gasteiger partial charge in [-0.25, -0.2) is 9.18 Å². The van der Waals surface area contributed by atoms with E-state index in [2.05, 4.69) is 0 Å². The number of nitrogens with zero attached hydrogens (tertiary/aromatic N) is 2. The maximum Gasteiger partial charge on any atom is 0.331 e. The molecule has 0 saturated carbocycles. The van der Waals surface area contributed by atoms with Crippen LogP contribution < -0.4 is 4.90 Å². The largest absolute Gasteiger partial charge is 0.452 e. The molecule has 0 aliphatic carbocycles. The molecular formula is C19H19FN2O3S. The van der Waals surface area contributed by atoms with Gasteiger partial charge in [0.25, 0.3) is 5.91 Å². The third kappa shape index (κ3) is 4.70. The second kappa shape index (κ2) is 8.62. The first kappa shape index (κ1) is 18.1. The van der Waals surface area contributed by atoms with Gasteiger partial charge in [0.15, 0.2) is 6.61 Å².